The first kappa shape index (κ1) is 14.3. The highest BCUT2D eigenvalue weighted by molar-refractivity contribution is 9.10. The van der Waals surface area contributed by atoms with E-state index >= 15 is 0 Å². The molecule has 2 rings (SSSR count). The summed E-state index contributed by atoms with van der Waals surface area (Å²) in [5, 5.41) is 0.570. The lowest BCUT2D eigenvalue weighted by molar-refractivity contribution is 0.477. The lowest BCUT2D eigenvalue weighted by Gasteiger charge is -2.13. The van der Waals surface area contributed by atoms with Crippen LogP contribution in [0.5, 0.6) is 11.5 Å². The van der Waals surface area contributed by atoms with Crippen LogP contribution in [0.3, 0.4) is 0 Å². The maximum atomic E-state index is 5.94. The molecule has 0 bridgehead atoms. The maximum absolute atomic E-state index is 5.94. The van der Waals surface area contributed by atoms with Crippen molar-refractivity contribution in [1.29, 1.82) is 0 Å². The van der Waals surface area contributed by atoms with Gasteiger partial charge in [0, 0.05) is 9.50 Å². The molecule has 0 saturated carbocycles. The number of ether oxygens (including phenoxy) is 1. The van der Waals surface area contributed by atoms with Crippen LogP contribution in [-0.2, 0) is 0 Å². The van der Waals surface area contributed by atoms with Crippen LogP contribution in [0.1, 0.15) is 11.1 Å². The normalized spacial score (nSPS) is 10.3. The molecule has 0 aromatic heterocycles. The second-order valence-corrected chi connectivity index (χ2v) is 5.81. The minimum Gasteiger partial charge on any atom is -0.456 e. The van der Waals surface area contributed by atoms with Crippen LogP contribution in [-0.4, -0.2) is 4.99 Å². The number of aryl methyl sites for hydroxylation is 1. The van der Waals surface area contributed by atoms with E-state index in [4.69, 9.17) is 34.3 Å². The third kappa shape index (κ3) is 3.47. The predicted octanol–water partition coefficient (Wildman–Crippen LogP) is 4.84. The predicted molar refractivity (Wildman–Crippen MR) is 86.3 cm³/mol. The molecule has 98 valence electrons. The molecule has 5 heteroatoms. The summed E-state index contributed by atoms with van der Waals surface area (Å²) in [6.45, 7) is 1.97. The number of halogens is 2. The van der Waals surface area contributed by atoms with Crippen LogP contribution in [0.15, 0.2) is 40.9 Å². The van der Waals surface area contributed by atoms with E-state index < -0.39 is 0 Å². The van der Waals surface area contributed by atoms with Crippen molar-refractivity contribution >= 4 is 44.7 Å². The molecule has 0 aliphatic rings. The van der Waals surface area contributed by atoms with Crippen LogP contribution < -0.4 is 10.5 Å². The average Bonchev–Trinajstić information content (AvgIpc) is 2.35. The van der Waals surface area contributed by atoms with Crippen LogP contribution in [0.2, 0.25) is 5.02 Å². The van der Waals surface area contributed by atoms with Gasteiger partial charge in [-0.3, -0.25) is 0 Å². The first-order valence-electron chi connectivity index (χ1n) is 5.51. The molecule has 0 spiro atoms. The van der Waals surface area contributed by atoms with E-state index in [-0.39, 0.29) is 4.99 Å². The summed E-state index contributed by atoms with van der Waals surface area (Å²) in [7, 11) is 0. The zero-order valence-corrected chi connectivity index (χ0v) is 13.3. The van der Waals surface area contributed by atoms with Gasteiger partial charge in [0.25, 0.3) is 0 Å². The summed E-state index contributed by atoms with van der Waals surface area (Å²) in [6, 6.07) is 11.0. The highest BCUT2D eigenvalue weighted by Crippen LogP contribution is 2.31. The van der Waals surface area contributed by atoms with Gasteiger partial charge >= 0.3 is 0 Å². The molecule has 19 heavy (non-hydrogen) atoms. The van der Waals surface area contributed by atoms with Crippen LogP contribution in [0.25, 0.3) is 0 Å². The largest absolute Gasteiger partial charge is 0.456 e. The molecule has 0 radical (unpaired) electrons. The maximum Gasteiger partial charge on any atom is 0.137 e. The molecule has 0 fully saturated rings. The number of benzene rings is 2. The van der Waals surface area contributed by atoms with Gasteiger partial charge in [0.2, 0.25) is 0 Å². The highest BCUT2D eigenvalue weighted by Gasteiger charge is 2.10. The summed E-state index contributed by atoms with van der Waals surface area (Å²) in [4.78, 5) is 0.255. The van der Waals surface area contributed by atoms with Crippen molar-refractivity contribution in [3.63, 3.8) is 0 Å². The zero-order valence-electron chi connectivity index (χ0n) is 10.1. The molecule has 0 heterocycles. The number of nitrogens with two attached hydrogens (primary N) is 1. The Labute approximate surface area is 130 Å². The fourth-order valence-corrected chi connectivity index (χ4v) is 2.26. The summed E-state index contributed by atoms with van der Waals surface area (Å²) in [5.41, 5.74) is 7.34. The lowest BCUT2D eigenvalue weighted by atomic mass is 10.2. The van der Waals surface area contributed by atoms with Crippen molar-refractivity contribution in [2.75, 3.05) is 0 Å². The third-order valence-electron chi connectivity index (χ3n) is 2.58. The van der Waals surface area contributed by atoms with E-state index in [0.29, 0.717) is 16.3 Å². The van der Waals surface area contributed by atoms with E-state index in [9.17, 15) is 0 Å². The molecular weight excluding hydrogens is 346 g/mol. The molecule has 2 N–H and O–H groups in total. The van der Waals surface area contributed by atoms with E-state index in [1.807, 2.05) is 25.1 Å². The summed E-state index contributed by atoms with van der Waals surface area (Å²) in [5.74, 6) is 1.34. The van der Waals surface area contributed by atoms with E-state index in [1.165, 1.54) is 0 Å². The molecule has 2 aromatic rings. The molecule has 0 unspecified atom stereocenters. The Morgan fingerprint density at radius 1 is 1.21 bits per heavy atom. The summed E-state index contributed by atoms with van der Waals surface area (Å²) in [6.07, 6.45) is 0. The Morgan fingerprint density at radius 2 is 1.95 bits per heavy atom. The SMILES string of the molecule is Cc1ccc(Br)cc1Oc1ccc(Cl)cc1C(N)=S. The minimum atomic E-state index is 0.255. The molecule has 2 nitrogen and oxygen atoms in total. The van der Waals surface area contributed by atoms with Crippen molar-refractivity contribution in [3.8, 4) is 11.5 Å². The van der Waals surface area contributed by atoms with Crippen LogP contribution >= 0.6 is 39.7 Å². The van der Waals surface area contributed by atoms with Gasteiger partial charge < -0.3 is 10.5 Å². The van der Waals surface area contributed by atoms with Gasteiger partial charge in [-0.1, -0.05) is 45.8 Å². The average molecular weight is 357 g/mol. The van der Waals surface area contributed by atoms with Gasteiger partial charge in [0.05, 0.1) is 5.56 Å². The molecule has 0 aliphatic carbocycles. The van der Waals surface area contributed by atoms with Gasteiger partial charge in [-0.05, 0) is 42.8 Å². The monoisotopic (exact) mass is 355 g/mol. The van der Waals surface area contributed by atoms with Crippen molar-refractivity contribution < 1.29 is 4.74 Å². The number of hydrogen-bond donors (Lipinski definition) is 1. The van der Waals surface area contributed by atoms with Gasteiger partial charge in [-0.25, -0.2) is 0 Å². The Bertz CT molecular complexity index is 645. The number of hydrogen-bond acceptors (Lipinski definition) is 2. The summed E-state index contributed by atoms with van der Waals surface area (Å²) < 4.78 is 6.82. The topological polar surface area (TPSA) is 35.2 Å². The fraction of sp³-hybridized carbons (Fsp3) is 0.0714. The van der Waals surface area contributed by atoms with Crippen molar-refractivity contribution in [3.05, 3.63) is 57.0 Å². The molecule has 0 amide bonds. The fourth-order valence-electron chi connectivity index (χ4n) is 1.59. The standard InChI is InChI=1S/C14H11BrClNOS/c1-8-2-3-9(15)6-13(8)18-12-5-4-10(16)7-11(12)14(17)19/h2-7H,1H3,(H2,17,19). The zero-order chi connectivity index (χ0) is 14.0. The second-order valence-electron chi connectivity index (χ2n) is 4.02. The highest BCUT2D eigenvalue weighted by atomic mass is 79.9. The molecule has 2 aromatic carbocycles. The van der Waals surface area contributed by atoms with Gasteiger partial charge in [-0.15, -0.1) is 0 Å². The molecular formula is C14H11BrClNOS. The van der Waals surface area contributed by atoms with Gasteiger partial charge in [0.1, 0.15) is 16.5 Å². The van der Waals surface area contributed by atoms with Crippen molar-refractivity contribution in [1.82, 2.24) is 0 Å². The Hall–Kier alpha value is -1.10. The Morgan fingerprint density at radius 3 is 2.63 bits per heavy atom. The Kier molecular flexibility index (Phi) is 4.45. The third-order valence-corrected chi connectivity index (χ3v) is 3.53. The van der Waals surface area contributed by atoms with Crippen molar-refractivity contribution in [2.45, 2.75) is 6.92 Å². The number of thiocarbonyl (C=S) groups is 1. The van der Waals surface area contributed by atoms with Gasteiger partial charge in [-0.2, -0.15) is 0 Å². The minimum absolute atomic E-state index is 0.255. The second kappa shape index (κ2) is 5.90. The number of rotatable bonds is 3. The smallest absolute Gasteiger partial charge is 0.137 e. The van der Waals surface area contributed by atoms with Crippen LogP contribution in [0, 0.1) is 6.92 Å². The summed E-state index contributed by atoms with van der Waals surface area (Å²) >= 11 is 14.4. The lowest BCUT2D eigenvalue weighted by Crippen LogP contribution is -2.10. The van der Waals surface area contributed by atoms with Crippen molar-refractivity contribution in [2.24, 2.45) is 5.73 Å². The quantitative estimate of drug-likeness (QED) is 0.799. The van der Waals surface area contributed by atoms with E-state index in [0.717, 1.165) is 15.8 Å². The first-order chi connectivity index (χ1) is 8.97. The first-order valence-corrected chi connectivity index (χ1v) is 7.08. The van der Waals surface area contributed by atoms with Crippen LogP contribution in [0.4, 0.5) is 0 Å². The molecule has 0 atom stereocenters. The van der Waals surface area contributed by atoms with E-state index in [1.54, 1.807) is 18.2 Å². The molecule has 0 saturated heterocycles. The van der Waals surface area contributed by atoms with Gasteiger partial charge in [0.15, 0.2) is 0 Å². The Balaban J connectivity index is 2.43. The van der Waals surface area contributed by atoms with E-state index in [2.05, 4.69) is 15.9 Å². The molecule has 0 aliphatic heterocycles.